The molecular formula is C25H31N3O4. The van der Waals surface area contributed by atoms with Crippen molar-refractivity contribution >= 4 is 17.7 Å². The third-order valence-corrected chi connectivity index (χ3v) is 5.42. The van der Waals surface area contributed by atoms with Gasteiger partial charge in [0.05, 0.1) is 12.2 Å². The summed E-state index contributed by atoms with van der Waals surface area (Å²) < 4.78 is 5.69. The van der Waals surface area contributed by atoms with E-state index in [2.05, 4.69) is 10.6 Å². The maximum Gasteiger partial charge on any atom is 0.254 e. The van der Waals surface area contributed by atoms with Crippen LogP contribution in [-0.4, -0.2) is 54.5 Å². The number of hydrogen-bond donors (Lipinski definition) is 2. The average molecular weight is 438 g/mol. The number of morpholine rings is 1. The molecule has 7 heteroatoms. The van der Waals surface area contributed by atoms with E-state index in [4.69, 9.17) is 4.74 Å². The normalized spacial score (nSPS) is 18.2. The highest BCUT2D eigenvalue weighted by Gasteiger charge is 2.26. The van der Waals surface area contributed by atoms with E-state index >= 15 is 0 Å². The van der Waals surface area contributed by atoms with Crippen molar-refractivity contribution in [3.05, 3.63) is 70.8 Å². The van der Waals surface area contributed by atoms with Crippen molar-refractivity contribution < 1.29 is 19.1 Å². The number of benzene rings is 2. The van der Waals surface area contributed by atoms with Gasteiger partial charge in [-0.1, -0.05) is 30.3 Å². The fourth-order valence-corrected chi connectivity index (χ4v) is 3.79. The molecule has 2 aromatic rings. The Labute approximate surface area is 189 Å². The quantitative estimate of drug-likeness (QED) is 0.697. The van der Waals surface area contributed by atoms with Crippen LogP contribution in [0.5, 0.6) is 0 Å². The van der Waals surface area contributed by atoms with E-state index in [1.807, 2.05) is 56.0 Å². The summed E-state index contributed by atoms with van der Waals surface area (Å²) in [5, 5.41) is 5.62. The predicted octanol–water partition coefficient (Wildman–Crippen LogP) is 2.68. The molecule has 3 amide bonds. The number of carbonyl (C=O) groups excluding carboxylic acids is 3. The van der Waals surface area contributed by atoms with E-state index in [1.54, 1.807) is 18.2 Å². The molecule has 0 bridgehead atoms. The van der Waals surface area contributed by atoms with Crippen LogP contribution in [0.2, 0.25) is 0 Å². The Balaban J connectivity index is 1.42. The summed E-state index contributed by atoms with van der Waals surface area (Å²) in [4.78, 5) is 38.8. The fourth-order valence-electron chi connectivity index (χ4n) is 3.79. The Bertz CT molecular complexity index is 948. The van der Waals surface area contributed by atoms with E-state index in [1.165, 1.54) is 0 Å². The Morgan fingerprint density at radius 2 is 1.62 bits per heavy atom. The van der Waals surface area contributed by atoms with E-state index in [-0.39, 0.29) is 42.9 Å². The number of hydrogen-bond acceptors (Lipinski definition) is 4. The van der Waals surface area contributed by atoms with Gasteiger partial charge in [0.15, 0.2) is 0 Å². The van der Waals surface area contributed by atoms with Crippen molar-refractivity contribution in [1.29, 1.82) is 0 Å². The molecule has 2 atom stereocenters. The van der Waals surface area contributed by atoms with Crippen LogP contribution < -0.4 is 10.6 Å². The largest absolute Gasteiger partial charge is 0.372 e. The number of nitrogens with one attached hydrogen (secondary N) is 2. The van der Waals surface area contributed by atoms with Crippen LogP contribution in [0.15, 0.2) is 48.5 Å². The van der Waals surface area contributed by atoms with Crippen molar-refractivity contribution in [2.45, 2.75) is 45.9 Å². The number of rotatable bonds is 7. The molecule has 0 spiro atoms. The van der Waals surface area contributed by atoms with Crippen LogP contribution in [0.1, 0.15) is 52.1 Å². The lowest BCUT2D eigenvalue weighted by Gasteiger charge is -2.35. The summed E-state index contributed by atoms with van der Waals surface area (Å²) in [5.74, 6) is -0.335. The zero-order chi connectivity index (χ0) is 23.1. The summed E-state index contributed by atoms with van der Waals surface area (Å²) in [6.45, 7) is 7.62. The van der Waals surface area contributed by atoms with Crippen molar-refractivity contribution in [2.75, 3.05) is 19.6 Å². The van der Waals surface area contributed by atoms with Crippen LogP contribution in [0.3, 0.4) is 0 Å². The summed E-state index contributed by atoms with van der Waals surface area (Å²) in [6.07, 6.45) is 0.249. The highest BCUT2D eigenvalue weighted by atomic mass is 16.5. The molecule has 3 rings (SSSR count). The first-order valence-electron chi connectivity index (χ1n) is 11.0. The van der Waals surface area contributed by atoms with E-state index in [9.17, 15) is 14.4 Å². The van der Waals surface area contributed by atoms with Crippen molar-refractivity contribution in [3.8, 4) is 0 Å². The van der Waals surface area contributed by atoms with Crippen molar-refractivity contribution in [2.24, 2.45) is 0 Å². The molecule has 170 valence electrons. The van der Waals surface area contributed by atoms with Gasteiger partial charge in [-0.3, -0.25) is 14.4 Å². The first-order chi connectivity index (χ1) is 15.3. The molecule has 1 fully saturated rings. The highest BCUT2D eigenvalue weighted by molar-refractivity contribution is 5.96. The molecule has 0 saturated carbocycles. The minimum Gasteiger partial charge on any atom is -0.372 e. The minimum absolute atomic E-state index is 0.00743. The van der Waals surface area contributed by atoms with Gasteiger partial charge in [-0.15, -0.1) is 0 Å². The lowest BCUT2D eigenvalue weighted by Crippen LogP contribution is -2.48. The zero-order valence-electron chi connectivity index (χ0n) is 18.9. The van der Waals surface area contributed by atoms with Crippen LogP contribution in [0.4, 0.5) is 0 Å². The predicted molar refractivity (Wildman–Crippen MR) is 122 cm³/mol. The summed E-state index contributed by atoms with van der Waals surface area (Å²) in [7, 11) is 0. The van der Waals surface area contributed by atoms with Crippen LogP contribution in [0.25, 0.3) is 0 Å². The number of aryl methyl sites for hydroxylation is 1. The third-order valence-electron chi connectivity index (χ3n) is 5.42. The van der Waals surface area contributed by atoms with E-state index in [0.29, 0.717) is 30.8 Å². The molecule has 0 aromatic heterocycles. The van der Waals surface area contributed by atoms with Crippen LogP contribution >= 0.6 is 0 Å². The summed E-state index contributed by atoms with van der Waals surface area (Å²) >= 11 is 0. The molecule has 0 radical (unpaired) electrons. The second kappa shape index (κ2) is 10.9. The Morgan fingerprint density at radius 1 is 0.969 bits per heavy atom. The van der Waals surface area contributed by atoms with Crippen LogP contribution in [0, 0.1) is 6.92 Å². The van der Waals surface area contributed by atoms with Crippen LogP contribution in [-0.2, 0) is 16.1 Å². The fraction of sp³-hybridized carbons (Fsp3) is 0.400. The highest BCUT2D eigenvalue weighted by Crippen LogP contribution is 2.15. The number of carbonyl (C=O) groups is 3. The zero-order valence-corrected chi connectivity index (χ0v) is 18.9. The maximum atomic E-state index is 12.7. The number of nitrogens with zero attached hydrogens (tertiary/aromatic N) is 1. The monoisotopic (exact) mass is 437 g/mol. The van der Waals surface area contributed by atoms with Gasteiger partial charge in [0.1, 0.15) is 0 Å². The van der Waals surface area contributed by atoms with Gasteiger partial charge < -0.3 is 20.3 Å². The van der Waals surface area contributed by atoms with Gasteiger partial charge >= 0.3 is 0 Å². The Hall–Kier alpha value is -3.19. The molecule has 2 aromatic carbocycles. The molecule has 7 nitrogen and oxygen atoms in total. The van der Waals surface area contributed by atoms with Gasteiger partial charge in [-0.05, 0) is 50.1 Å². The molecule has 1 saturated heterocycles. The number of ether oxygens (including phenoxy) is 1. The average Bonchev–Trinajstić information content (AvgIpc) is 2.77. The first kappa shape index (κ1) is 23.5. The SMILES string of the molecule is Cc1ccccc1C(=O)NCCC(=O)NCc1ccc(C(=O)N2CC(C)OC(C)C2)cc1. The topological polar surface area (TPSA) is 87.7 Å². The smallest absolute Gasteiger partial charge is 0.254 e. The van der Waals surface area contributed by atoms with Gasteiger partial charge in [0.25, 0.3) is 11.8 Å². The Kier molecular flexibility index (Phi) is 8.00. The molecule has 1 aliphatic rings. The van der Waals surface area contributed by atoms with Gasteiger partial charge in [0, 0.05) is 43.7 Å². The first-order valence-corrected chi connectivity index (χ1v) is 11.0. The summed E-state index contributed by atoms with van der Waals surface area (Å²) in [5.41, 5.74) is 3.04. The van der Waals surface area contributed by atoms with Gasteiger partial charge in [-0.2, -0.15) is 0 Å². The lowest BCUT2D eigenvalue weighted by molar-refractivity contribution is -0.121. The molecule has 2 unspecified atom stereocenters. The van der Waals surface area contributed by atoms with Gasteiger partial charge in [-0.25, -0.2) is 0 Å². The standard InChI is InChI=1S/C25H31N3O4/c1-17-6-4-5-7-22(17)24(30)26-13-12-23(29)27-14-20-8-10-21(11-9-20)25(31)28-15-18(2)32-19(3)16-28/h4-11,18-19H,12-16H2,1-3H3,(H,26,30)(H,27,29). The van der Waals surface area contributed by atoms with Crippen molar-refractivity contribution in [3.63, 3.8) is 0 Å². The molecule has 0 aliphatic carbocycles. The molecule has 2 N–H and O–H groups in total. The van der Waals surface area contributed by atoms with E-state index in [0.717, 1.165) is 11.1 Å². The lowest BCUT2D eigenvalue weighted by atomic mass is 10.1. The Morgan fingerprint density at radius 3 is 2.28 bits per heavy atom. The van der Waals surface area contributed by atoms with Crippen molar-refractivity contribution in [1.82, 2.24) is 15.5 Å². The maximum absolute atomic E-state index is 12.7. The second-order valence-corrected chi connectivity index (χ2v) is 8.26. The summed E-state index contributed by atoms with van der Waals surface area (Å²) in [6, 6.07) is 14.6. The molecular weight excluding hydrogens is 406 g/mol. The molecule has 1 aliphatic heterocycles. The second-order valence-electron chi connectivity index (χ2n) is 8.26. The number of amides is 3. The minimum atomic E-state index is -0.180. The molecule has 32 heavy (non-hydrogen) atoms. The van der Waals surface area contributed by atoms with Gasteiger partial charge in [0.2, 0.25) is 5.91 Å². The third kappa shape index (κ3) is 6.40. The van der Waals surface area contributed by atoms with E-state index < -0.39 is 0 Å². The molecule has 1 heterocycles.